The van der Waals surface area contributed by atoms with Crippen LogP contribution in [0.25, 0.3) is 0 Å². The van der Waals surface area contributed by atoms with Crippen molar-refractivity contribution in [1.29, 1.82) is 0 Å². The second-order valence-electron chi connectivity index (χ2n) is 2.88. The summed E-state index contributed by atoms with van der Waals surface area (Å²) in [5.74, 6) is 1.60. The molecule has 0 saturated heterocycles. The lowest BCUT2D eigenvalue weighted by Gasteiger charge is -2.08. The molecule has 0 saturated carbocycles. The quantitative estimate of drug-likeness (QED) is 0.481. The van der Waals surface area contributed by atoms with Gasteiger partial charge >= 0.3 is 5.97 Å². The smallest absolute Gasteiger partial charge is 0.322 e. The molecule has 0 bridgehead atoms. The van der Waals surface area contributed by atoms with Gasteiger partial charge in [0.25, 0.3) is 0 Å². The van der Waals surface area contributed by atoms with E-state index >= 15 is 0 Å². The zero-order valence-electron chi connectivity index (χ0n) is 8.82. The molecule has 0 heterocycles. The van der Waals surface area contributed by atoms with Crippen LogP contribution >= 0.6 is 11.8 Å². The Kier molecular flexibility index (Phi) is 9.13. The summed E-state index contributed by atoms with van der Waals surface area (Å²) in [4.78, 5) is 10.9. The van der Waals surface area contributed by atoms with Crippen molar-refractivity contribution < 1.29 is 14.3 Å². The molecule has 0 radical (unpaired) electrons. The number of carbonyl (C=O) groups excluding carboxylic acids is 1. The van der Waals surface area contributed by atoms with Crippen LogP contribution in [0.3, 0.4) is 0 Å². The maximum Gasteiger partial charge on any atom is 0.322 e. The number of thioether (sulfide) groups is 1. The van der Waals surface area contributed by atoms with Crippen LogP contribution in [0.15, 0.2) is 0 Å². The van der Waals surface area contributed by atoms with E-state index in [0.717, 1.165) is 24.5 Å². The molecule has 0 aliphatic rings. The minimum absolute atomic E-state index is 0.331. The van der Waals surface area contributed by atoms with Gasteiger partial charge in [-0.1, -0.05) is 0 Å². The molecule has 0 rings (SSSR count). The highest BCUT2D eigenvalue weighted by molar-refractivity contribution is 7.99. The summed E-state index contributed by atoms with van der Waals surface area (Å²) < 4.78 is 9.43. The zero-order chi connectivity index (χ0) is 10.8. The van der Waals surface area contributed by atoms with Crippen molar-refractivity contribution in [2.75, 3.05) is 32.3 Å². The highest BCUT2D eigenvalue weighted by Crippen LogP contribution is 2.06. The van der Waals surface area contributed by atoms with E-state index < -0.39 is 6.04 Å². The summed E-state index contributed by atoms with van der Waals surface area (Å²) in [6, 6.07) is -0.477. The average molecular weight is 221 g/mol. The maximum atomic E-state index is 10.9. The Hall–Kier alpha value is -0.260. The zero-order valence-corrected chi connectivity index (χ0v) is 9.64. The average Bonchev–Trinajstić information content (AvgIpc) is 2.21. The van der Waals surface area contributed by atoms with Gasteiger partial charge in [0.1, 0.15) is 6.04 Å². The Morgan fingerprint density at radius 1 is 1.43 bits per heavy atom. The van der Waals surface area contributed by atoms with Crippen LogP contribution in [0.1, 0.15) is 12.8 Å². The first-order chi connectivity index (χ1) is 6.72. The molecule has 14 heavy (non-hydrogen) atoms. The van der Waals surface area contributed by atoms with Crippen LogP contribution < -0.4 is 5.73 Å². The van der Waals surface area contributed by atoms with Gasteiger partial charge in [0, 0.05) is 13.7 Å². The molecular formula is C9H19NO3S. The lowest BCUT2D eigenvalue weighted by Crippen LogP contribution is -2.32. The molecule has 1 atom stereocenters. The van der Waals surface area contributed by atoms with Crippen molar-refractivity contribution in [3.8, 4) is 0 Å². The largest absolute Gasteiger partial charge is 0.468 e. The number of nitrogens with two attached hydrogens (primary N) is 1. The van der Waals surface area contributed by atoms with Gasteiger partial charge in [-0.3, -0.25) is 4.79 Å². The molecule has 0 aliphatic carbocycles. The van der Waals surface area contributed by atoms with Crippen LogP contribution in [-0.2, 0) is 14.3 Å². The predicted octanol–water partition coefficient (Wildman–Crippen LogP) is 0.646. The molecule has 5 heteroatoms. The minimum atomic E-state index is -0.477. The van der Waals surface area contributed by atoms with E-state index in [9.17, 15) is 4.79 Å². The fourth-order valence-corrected chi connectivity index (χ4v) is 1.83. The van der Waals surface area contributed by atoms with Gasteiger partial charge in [-0.15, -0.1) is 0 Å². The first-order valence-corrected chi connectivity index (χ1v) is 5.78. The third kappa shape index (κ3) is 7.17. The molecule has 0 aromatic carbocycles. The standard InChI is InChI=1S/C9H19NO3S/c1-12-5-3-6-14-7-4-8(10)9(11)13-2/h8H,3-7,10H2,1-2H3. The van der Waals surface area contributed by atoms with Crippen molar-refractivity contribution in [3.63, 3.8) is 0 Å². The highest BCUT2D eigenvalue weighted by atomic mass is 32.2. The number of carbonyl (C=O) groups is 1. The monoisotopic (exact) mass is 221 g/mol. The van der Waals surface area contributed by atoms with Gasteiger partial charge in [0.05, 0.1) is 7.11 Å². The summed E-state index contributed by atoms with van der Waals surface area (Å²) >= 11 is 1.78. The molecule has 2 N–H and O–H groups in total. The van der Waals surface area contributed by atoms with E-state index in [2.05, 4.69) is 4.74 Å². The third-order valence-corrected chi connectivity index (χ3v) is 2.82. The van der Waals surface area contributed by atoms with Gasteiger partial charge in [-0.25, -0.2) is 0 Å². The first kappa shape index (κ1) is 13.7. The second kappa shape index (κ2) is 9.30. The number of hydrogen-bond donors (Lipinski definition) is 1. The number of methoxy groups -OCH3 is 2. The molecule has 0 amide bonds. The topological polar surface area (TPSA) is 61.5 Å². The van der Waals surface area contributed by atoms with Crippen LogP contribution in [0.2, 0.25) is 0 Å². The fraction of sp³-hybridized carbons (Fsp3) is 0.889. The van der Waals surface area contributed by atoms with Crippen molar-refractivity contribution in [2.24, 2.45) is 5.73 Å². The Labute approximate surface area is 89.5 Å². The van der Waals surface area contributed by atoms with E-state index in [1.54, 1.807) is 18.9 Å². The maximum absolute atomic E-state index is 10.9. The van der Waals surface area contributed by atoms with Crippen molar-refractivity contribution >= 4 is 17.7 Å². The molecule has 84 valence electrons. The van der Waals surface area contributed by atoms with Crippen LogP contribution in [0, 0.1) is 0 Å². The first-order valence-electron chi connectivity index (χ1n) is 4.62. The van der Waals surface area contributed by atoms with Gasteiger partial charge in [0.2, 0.25) is 0 Å². The van der Waals surface area contributed by atoms with E-state index in [1.165, 1.54) is 7.11 Å². The van der Waals surface area contributed by atoms with Crippen molar-refractivity contribution in [1.82, 2.24) is 0 Å². The normalized spacial score (nSPS) is 12.5. The SMILES string of the molecule is COCCCSCCC(N)C(=O)OC. The fourth-order valence-electron chi connectivity index (χ4n) is 0.887. The number of ether oxygens (including phenoxy) is 2. The third-order valence-electron chi connectivity index (χ3n) is 1.71. The van der Waals surface area contributed by atoms with E-state index in [1.807, 2.05) is 0 Å². The van der Waals surface area contributed by atoms with Crippen LogP contribution in [-0.4, -0.2) is 44.3 Å². The lowest BCUT2D eigenvalue weighted by molar-refractivity contribution is -0.142. The molecule has 0 spiro atoms. The van der Waals surface area contributed by atoms with Gasteiger partial charge in [0.15, 0.2) is 0 Å². The van der Waals surface area contributed by atoms with E-state index in [0.29, 0.717) is 6.42 Å². The molecule has 0 aromatic heterocycles. The minimum Gasteiger partial charge on any atom is -0.468 e. The summed E-state index contributed by atoms with van der Waals surface area (Å²) in [6.07, 6.45) is 1.71. The van der Waals surface area contributed by atoms with Gasteiger partial charge < -0.3 is 15.2 Å². The molecular weight excluding hydrogens is 202 g/mol. The number of rotatable bonds is 8. The molecule has 1 unspecified atom stereocenters. The summed E-state index contributed by atoms with van der Waals surface area (Å²) in [6.45, 7) is 0.788. The summed E-state index contributed by atoms with van der Waals surface area (Å²) in [5, 5.41) is 0. The van der Waals surface area contributed by atoms with E-state index in [-0.39, 0.29) is 5.97 Å². The van der Waals surface area contributed by atoms with E-state index in [4.69, 9.17) is 10.5 Å². The Morgan fingerprint density at radius 3 is 2.71 bits per heavy atom. The molecule has 0 fully saturated rings. The highest BCUT2D eigenvalue weighted by Gasteiger charge is 2.12. The molecule has 0 aromatic rings. The second-order valence-corrected chi connectivity index (χ2v) is 4.10. The summed E-state index contributed by atoms with van der Waals surface area (Å²) in [7, 11) is 3.05. The van der Waals surface area contributed by atoms with Crippen LogP contribution in [0.4, 0.5) is 0 Å². The predicted molar refractivity (Wildman–Crippen MR) is 58.4 cm³/mol. The van der Waals surface area contributed by atoms with Crippen molar-refractivity contribution in [3.05, 3.63) is 0 Å². The number of hydrogen-bond acceptors (Lipinski definition) is 5. The van der Waals surface area contributed by atoms with Crippen LogP contribution in [0.5, 0.6) is 0 Å². The Morgan fingerprint density at radius 2 is 2.14 bits per heavy atom. The number of esters is 1. The Balaban J connectivity index is 3.23. The summed E-state index contributed by atoms with van der Waals surface area (Å²) in [5.41, 5.74) is 5.56. The molecule has 4 nitrogen and oxygen atoms in total. The van der Waals surface area contributed by atoms with Gasteiger partial charge in [-0.05, 0) is 24.3 Å². The molecule has 0 aliphatic heterocycles. The van der Waals surface area contributed by atoms with Gasteiger partial charge in [-0.2, -0.15) is 11.8 Å². The lowest BCUT2D eigenvalue weighted by atomic mass is 10.2. The van der Waals surface area contributed by atoms with Crippen molar-refractivity contribution in [2.45, 2.75) is 18.9 Å². The Bertz CT molecular complexity index is 155.